The molecule has 0 bridgehead atoms. The molecular weight excluding hydrogens is 338 g/mol. The van der Waals surface area contributed by atoms with E-state index in [4.69, 9.17) is 0 Å². The Labute approximate surface area is 146 Å². The molecule has 0 radical (unpaired) electrons. The van der Waals surface area contributed by atoms with E-state index in [-0.39, 0.29) is 11.8 Å². The molecule has 3 aromatic rings. The summed E-state index contributed by atoms with van der Waals surface area (Å²) in [6.07, 6.45) is 3.28. The lowest BCUT2D eigenvalue weighted by Crippen LogP contribution is -2.34. The second kappa shape index (κ2) is 6.20. The van der Waals surface area contributed by atoms with Crippen LogP contribution in [0.1, 0.15) is 36.1 Å². The van der Waals surface area contributed by atoms with E-state index in [2.05, 4.69) is 19.8 Å². The fourth-order valence-corrected chi connectivity index (χ4v) is 4.71. The zero-order valence-corrected chi connectivity index (χ0v) is 14.7. The van der Waals surface area contributed by atoms with E-state index in [1.807, 2.05) is 37.3 Å². The maximum Gasteiger partial charge on any atom is 0.216 e. The normalized spacial score (nSPS) is 17.6. The Balaban J connectivity index is 1.60. The highest BCUT2D eigenvalue weighted by Crippen LogP contribution is 2.25. The van der Waals surface area contributed by atoms with E-state index in [0.29, 0.717) is 17.2 Å². The monoisotopic (exact) mass is 357 g/mol. The first-order valence-corrected chi connectivity index (χ1v) is 9.91. The summed E-state index contributed by atoms with van der Waals surface area (Å²) in [5.41, 5.74) is 1.41. The lowest BCUT2D eigenvalue weighted by molar-refractivity contribution is 0.399. The molecule has 0 amide bonds. The molecule has 8 heteroatoms. The van der Waals surface area contributed by atoms with Crippen molar-refractivity contribution in [3.05, 3.63) is 53.7 Å². The molecule has 0 unspecified atom stereocenters. The Hall–Kier alpha value is -2.32. The van der Waals surface area contributed by atoms with Gasteiger partial charge in [-0.15, -0.1) is 0 Å². The average molecular weight is 357 g/mol. The standard InChI is InChI=1S/C17H19N5O2S/c1-12-19-17-15(8-4-10-22(17)20-12)21-25(23,24)11-14-6-2-5-13-7-3-9-18-16(13)14/h2-3,5-7,9,15,21H,4,8,10-11H2,1H3/t15-/m0/s1. The number of sulfonamides is 1. The molecule has 130 valence electrons. The predicted molar refractivity (Wildman–Crippen MR) is 94.2 cm³/mol. The van der Waals surface area contributed by atoms with E-state index in [1.165, 1.54) is 0 Å². The van der Waals surface area contributed by atoms with Crippen LogP contribution in [0.2, 0.25) is 0 Å². The Morgan fingerprint density at radius 2 is 2.12 bits per heavy atom. The van der Waals surface area contributed by atoms with Crippen molar-refractivity contribution < 1.29 is 8.42 Å². The molecule has 4 rings (SSSR count). The molecule has 0 saturated carbocycles. The number of aryl methyl sites for hydroxylation is 2. The van der Waals surface area contributed by atoms with Crippen LogP contribution >= 0.6 is 0 Å². The smallest absolute Gasteiger partial charge is 0.216 e. The summed E-state index contributed by atoms with van der Waals surface area (Å²) in [5.74, 6) is 1.26. The van der Waals surface area contributed by atoms with Crippen molar-refractivity contribution in [1.82, 2.24) is 24.5 Å². The van der Waals surface area contributed by atoms with Crippen molar-refractivity contribution in [3.8, 4) is 0 Å². The van der Waals surface area contributed by atoms with Gasteiger partial charge in [0.05, 0.1) is 17.3 Å². The summed E-state index contributed by atoms with van der Waals surface area (Å²) >= 11 is 0. The van der Waals surface area contributed by atoms with E-state index < -0.39 is 10.0 Å². The van der Waals surface area contributed by atoms with Gasteiger partial charge >= 0.3 is 0 Å². The molecule has 25 heavy (non-hydrogen) atoms. The molecule has 1 atom stereocenters. The SMILES string of the molecule is Cc1nc2n(n1)CCC[C@@H]2NS(=O)(=O)Cc1cccc2cccnc12. The Morgan fingerprint density at radius 3 is 3.00 bits per heavy atom. The van der Waals surface area contributed by atoms with Gasteiger partial charge in [0.25, 0.3) is 0 Å². The molecule has 0 fully saturated rings. The van der Waals surface area contributed by atoms with Crippen LogP contribution in [-0.2, 0) is 22.3 Å². The van der Waals surface area contributed by atoms with Crippen LogP contribution in [0.3, 0.4) is 0 Å². The molecule has 3 heterocycles. The second-order valence-electron chi connectivity index (χ2n) is 6.30. The number of pyridine rings is 1. The van der Waals surface area contributed by atoms with Gasteiger partial charge in [-0.05, 0) is 31.4 Å². The van der Waals surface area contributed by atoms with Crippen molar-refractivity contribution in [3.63, 3.8) is 0 Å². The summed E-state index contributed by atoms with van der Waals surface area (Å²) in [6.45, 7) is 2.60. The quantitative estimate of drug-likeness (QED) is 0.772. The molecule has 1 N–H and O–H groups in total. The zero-order valence-electron chi connectivity index (χ0n) is 13.9. The van der Waals surface area contributed by atoms with E-state index in [1.54, 1.807) is 10.9 Å². The molecule has 7 nitrogen and oxygen atoms in total. The van der Waals surface area contributed by atoms with Crippen molar-refractivity contribution >= 4 is 20.9 Å². The first-order valence-electron chi connectivity index (χ1n) is 8.26. The lowest BCUT2D eigenvalue weighted by atomic mass is 10.1. The fourth-order valence-electron chi connectivity index (χ4n) is 3.33. The van der Waals surface area contributed by atoms with Crippen LogP contribution < -0.4 is 4.72 Å². The number of para-hydroxylation sites is 1. The molecule has 0 saturated heterocycles. The highest BCUT2D eigenvalue weighted by molar-refractivity contribution is 7.88. The van der Waals surface area contributed by atoms with Crippen LogP contribution in [0.5, 0.6) is 0 Å². The van der Waals surface area contributed by atoms with Crippen molar-refractivity contribution in [2.45, 2.75) is 38.1 Å². The average Bonchev–Trinajstić information content (AvgIpc) is 2.96. The Bertz CT molecular complexity index is 1020. The van der Waals surface area contributed by atoms with Gasteiger partial charge in [-0.25, -0.2) is 22.8 Å². The maximum absolute atomic E-state index is 12.7. The summed E-state index contributed by atoms with van der Waals surface area (Å²) in [4.78, 5) is 8.72. The molecular formula is C17H19N5O2S. The third-order valence-corrected chi connectivity index (χ3v) is 5.70. The topological polar surface area (TPSA) is 89.8 Å². The van der Waals surface area contributed by atoms with Crippen molar-refractivity contribution in [2.24, 2.45) is 0 Å². The van der Waals surface area contributed by atoms with Crippen LogP contribution in [0.4, 0.5) is 0 Å². The molecule has 0 spiro atoms. The van der Waals surface area contributed by atoms with Crippen LogP contribution in [0.25, 0.3) is 10.9 Å². The van der Waals surface area contributed by atoms with Gasteiger partial charge in [0.15, 0.2) is 0 Å². The summed E-state index contributed by atoms with van der Waals surface area (Å²) < 4.78 is 30.1. The molecule has 0 aliphatic carbocycles. The first-order chi connectivity index (χ1) is 12.0. The van der Waals surface area contributed by atoms with Crippen molar-refractivity contribution in [2.75, 3.05) is 0 Å². The minimum atomic E-state index is -3.53. The number of fused-ring (bicyclic) bond motifs is 2. The summed E-state index contributed by atoms with van der Waals surface area (Å²) in [7, 11) is -3.53. The first kappa shape index (κ1) is 16.2. The van der Waals surface area contributed by atoms with E-state index in [9.17, 15) is 8.42 Å². The van der Waals surface area contributed by atoms with Gasteiger partial charge in [-0.1, -0.05) is 24.3 Å². The number of aromatic nitrogens is 4. The second-order valence-corrected chi connectivity index (χ2v) is 8.06. The number of rotatable bonds is 4. The molecule has 1 aliphatic heterocycles. The number of hydrogen-bond acceptors (Lipinski definition) is 5. The fraction of sp³-hybridized carbons (Fsp3) is 0.353. The van der Waals surface area contributed by atoms with Crippen LogP contribution in [-0.4, -0.2) is 28.2 Å². The third-order valence-electron chi connectivity index (χ3n) is 4.36. The van der Waals surface area contributed by atoms with Gasteiger partial charge in [-0.3, -0.25) is 4.98 Å². The highest BCUT2D eigenvalue weighted by Gasteiger charge is 2.28. The van der Waals surface area contributed by atoms with Gasteiger partial charge in [-0.2, -0.15) is 5.10 Å². The lowest BCUT2D eigenvalue weighted by Gasteiger charge is -2.23. The number of nitrogens with zero attached hydrogens (tertiary/aromatic N) is 4. The van der Waals surface area contributed by atoms with Gasteiger partial charge in [0.2, 0.25) is 10.0 Å². The van der Waals surface area contributed by atoms with Gasteiger partial charge in [0.1, 0.15) is 11.6 Å². The minimum absolute atomic E-state index is 0.106. The largest absolute Gasteiger partial charge is 0.256 e. The maximum atomic E-state index is 12.7. The van der Waals surface area contributed by atoms with Gasteiger partial charge < -0.3 is 0 Å². The van der Waals surface area contributed by atoms with E-state index in [0.717, 1.165) is 30.3 Å². The van der Waals surface area contributed by atoms with E-state index >= 15 is 0 Å². The summed E-state index contributed by atoms with van der Waals surface area (Å²) in [5, 5.41) is 5.25. The minimum Gasteiger partial charge on any atom is -0.256 e. The zero-order chi connectivity index (χ0) is 17.4. The number of nitrogens with one attached hydrogen (secondary N) is 1. The highest BCUT2D eigenvalue weighted by atomic mass is 32.2. The Morgan fingerprint density at radius 1 is 1.28 bits per heavy atom. The van der Waals surface area contributed by atoms with Gasteiger partial charge in [0, 0.05) is 18.1 Å². The summed E-state index contributed by atoms with van der Waals surface area (Å²) in [6, 6.07) is 9.03. The van der Waals surface area contributed by atoms with Crippen molar-refractivity contribution in [1.29, 1.82) is 0 Å². The van der Waals surface area contributed by atoms with Crippen LogP contribution in [0, 0.1) is 6.92 Å². The number of benzene rings is 1. The van der Waals surface area contributed by atoms with Crippen LogP contribution in [0.15, 0.2) is 36.5 Å². The number of hydrogen-bond donors (Lipinski definition) is 1. The predicted octanol–water partition coefficient (Wildman–Crippen LogP) is 2.09. The molecule has 1 aromatic carbocycles. The Kier molecular flexibility index (Phi) is 4.01. The molecule has 2 aromatic heterocycles. The molecule has 1 aliphatic rings. The third kappa shape index (κ3) is 3.27.